The standard InChI is InChI=1S/C16H26N2O/c1-12-13(2)18(9-8-16(12)17-3)11-14-6-5-7-15(10-14)19-4/h5-7,10,12-13,16-17H,8-9,11H2,1-4H3. The first-order valence-electron chi connectivity index (χ1n) is 7.20. The molecule has 0 saturated carbocycles. The monoisotopic (exact) mass is 262 g/mol. The van der Waals surface area contributed by atoms with Crippen molar-refractivity contribution in [3.8, 4) is 5.75 Å². The third-order valence-corrected chi connectivity index (χ3v) is 4.59. The zero-order valence-electron chi connectivity index (χ0n) is 12.5. The summed E-state index contributed by atoms with van der Waals surface area (Å²) in [5.74, 6) is 1.63. The van der Waals surface area contributed by atoms with Crippen molar-refractivity contribution in [3.63, 3.8) is 0 Å². The third kappa shape index (κ3) is 3.28. The highest BCUT2D eigenvalue weighted by Crippen LogP contribution is 2.25. The molecule has 1 aromatic carbocycles. The van der Waals surface area contributed by atoms with E-state index in [0.717, 1.165) is 18.8 Å². The lowest BCUT2D eigenvalue weighted by Crippen LogP contribution is -2.52. The van der Waals surface area contributed by atoms with Gasteiger partial charge in [0.1, 0.15) is 5.75 Å². The van der Waals surface area contributed by atoms with Crippen LogP contribution in [0.4, 0.5) is 0 Å². The van der Waals surface area contributed by atoms with Crippen molar-refractivity contribution in [2.75, 3.05) is 20.7 Å². The van der Waals surface area contributed by atoms with E-state index in [0.29, 0.717) is 18.0 Å². The fourth-order valence-electron chi connectivity index (χ4n) is 3.08. The molecule has 0 aromatic heterocycles. The molecule has 1 heterocycles. The minimum atomic E-state index is 0.609. The number of likely N-dealkylation sites (tertiary alicyclic amines) is 1. The zero-order chi connectivity index (χ0) is 13.8. The number of nitrogens with one attached hydrogen (secondary N) is 1. The molecule has 0 amide bonds. The first kappa shape index (κ1) is 14.4. The Bertz CT molecular complexity index is 407. The summed E-state index contributed by atoms with van der Waals surface area (Å²) in [5, 5.41) is 3.44. The average molecular weight is 262 g/mol. The fourth-order valence-corrected chi connectivity index (χ4v) is 3.08. The molecule has 1 aromatic rings. The van der Waals surface area contributed by atoms with Crippen LogP contribution < -0.4 is 10.1 Å². The molecule has 1 aliphatic rings. The van der Waals surface area contributed by atoms with Crippen LogP contribution in [0.2, 0.25) is 0 Å². The molecule has 0 spiro atoms. The van der Waals surface area contributed by atoms with Gasteiger partial charge in [-0.05, 0) is 44.0 Å². The molecule has 0 bridgehead atoms. The molecule has 1 saturated heterocycles. The number of benzene rings is 1. The van der Waals surface area contributed by atoms with Gasteiger partial charge in [0.25, 0.3) is 0 Å². The lowest BCUT2D eigenvalue weighted by atomic mass is 9.87. The number of hydrogen-bond acceptors (Lipinski definition) is 3. The van der Waals surface area contributed by atoms with Crippen LogP contribution in [0, 0.1) is 5.92 Å². The van der Waals surface area contributed by atoms with Gasteiger partial charge in [0, 0.05) is 25.2 Å². The number of ether oxygens (including phenoxy) is 1. The molecular weight excluding hydrogens is 236 g/mol. The number of methoxy groups -OCH3 is 1. The Morgan fingerprint density at radius 2 is 2.16 bits per heavy atom. The van der Waals surface area contributed by atoms with Gasteiger partial charge in [-0.1, -0.05) is 19.1 Å². The maximum atomic E-state index is 5.30. The summed E-state index contributed by atoms with van der Waals surface area (Å²) >= 11 is 0. The van der Waals surface area contributed by atoms with Crippen LogP contribution in [0.25, 0.3) is 0 Å². The smallest absolute Gasteiger partial charge is 0.119 e. The number of rotatable bonds is 4. The first-order chi connectivity index (χ1) is 9.15. The highest BCUT2D eigenvalue weighted by atomic mass is 16.5. The second-order valence-corrected chi connectivity index (χ2v) is 5.61. The Morgan fingerprint density at radius 1 is 1.37 bits per heavy atom. The molecule has 3 atom stereocenters. The fraction of sp³-hybridized carbons (Fsp3) is 0.625. The number of hydrogen-bond donors (Lipinski definition) is 1. The number of nitrogens with zero attached hydrogens (tertiary/aromatic N) is 1. The Balaban J connectivity index is 2.02. The predicted octanol–water partition coefficient (Wildman–Crippen LogP) is 2.51. The average Bonchev–Trinajstić information content (AvgIpc) is 2.44. The van der Waals surface area contributed by atoms with Gasteiger partial charge in [-0.3, -0.25) is 4.90 Å². The quantitative estimate of drug-likeness (QED) is 0.902. The van der Waals surface area contributed by atoms with Gasteiger partial charge < -0.3 is 10.1 Å². The van der Waals surface area contributed by atoms with E-state index >= 15 is 0 Å². The molecule has 3 unspecified atom stereocenters. The van der Waals surface area contributed by atoms with E-state index in [2.05, 4.69) is 49.3 Å². The van der Waals surface area contributed by atoms with Gasteiger partial charge in [-0.25, -0.2) is 0 Å². The molecule has 0 radical (unpaired) electrons. The lowest BCUT2D eigenvalue weighted by molar-refractivity contribution is 0.0810. The van der Waals surface area contributed by atoms with Crippen LogP contribution in [-0.4, -0.2) is 37.7 Å². The van der Waals surface area contributed by atoms with Crippen LogP contribution in [0.1, 0.15) is 25.8 Å². The van der Waals surface area contributed by atoms with Crippen LogP contribution in [0.15, 0.2) is 24.3 Å². The van der Waals surface area contributed by atoms with E-state index in [9.17, 15) is 0 Å². The zero-order valence-corrected chi connectivity index (χ0v) is 12.5. The topological polar surface area (TPSA) is 24.5 Å². The molecule has 1 N–H and O–H groups in total. The van der Waals surface area contributed by atoms with Crippen LogP contribution >= 0.6 is 0 Å². The van der Waals surface area contributed by atoms with Crippen molar-refractivity contribution in [1.82, 2.24) is 10.2 Å². The largest absolute Gasteiger partial charge is 0.497 e. The van der Waals surface area contributed by atoms with Gasteiger partial charge in [-0.15, -0.1) is 0 Å². The minimum absolute atomic E-state index is 0.609. The molecular formula is C16H26N2O. The normalized spacial score (nSPS) is 28.3. The summed E-state index contributed by atoms with van der Waals surface area (Å²) in [4.78, 5) is 2.58. The van der Waals surface area contributed by atoms with E-state index in [-0.39, 0.29) is 0 Å². The maximum Gasteiger partial charge on any atom is 0.119 e. The van der Waals surface area contributed by atoms with Crippen molar-refractivity contribution in [2.45, 2.75) is 38.9 Å². The van der Waals surface area contributed by atoms with Gasteiger partial charge in [0.15, 0.2) is 0 Å². The highest BCUT2D eigenvalue weighted by molar-refractivity contribution is 5.28. The summed E-state index contributed by atoms with van der Waals surface area (Å²) in [6, 6.07) is 9.66. The lowest BCUT2D eigenvalue weighted by Gasteiger charge is -2.42. The Labute approximate surface area is 116 Å². The summed E-state index contributed by atoms with van der Waals surface area (Å²) in [6.45, 7) is 6.87. The first-order valence-corrected chi connectivity index (χ1v) is 7.20. The summed E-state index contributed by atoms with van der Waals surface area (Å²) in [5.41, 5.74) is 1.33. The van der Waals surface area contributed by atoms with E-state index in [1.807, 2.05) is 6.07 Å². The Hall–Kier alpha value is -1.06. The van der Waals surface area contributed by atoms with Gasteiger partial charge >= 0.3 is 0 Å². The summed E-state index contributed by atoms with van der Waals surface area (Å²) < 4.78 is 5.30. The molecule has 3 nitrogen and oxygen atoms in total. The molecule has 0 aliphatic carbocycles. The highest BCUT2D eigenvalue weighted by Gasteiger charge is 2.31. The van der Waals surface area contributed by atoms with Crippen molar-refractivity contribution in [3.05, 3.63) is 29.8 Å². The van der Waals surface area contributed by atoms with Gasteiger partial charge in [-0.2, -0.15) is 0 Å². The SMILES string of the molecule is CNC1CCN(Cc2cccc(OC)c2)C(C)C1C. The summed E-state index contributed by atoms with van der Waals surface area (Å²) in [7, 11) is 3.80. The number of piperidine rings is 1. The maximum absolute atomic E-state index is 5.30. The van der Waals surface area contributed by atoms with E-state index in [4.69, 9.17) is 4.74 Å². The minimum Gasteiger partial charge on any atom is -0.497 e. The van der Waals surface area contributed by atoms with Gasteiger partial charge in [0.2, 0.25) is 0 Å². The molecule has 1 aliphatic heterocycles. The molecule has 2 rings (SSSR count). The Morgan fingerprint density at radius 3 is 2.84 bits per heavy atom. The molecule has 106 valence electrons. The van der Waals surface area contributed by atoms with Gasteiger partial charge in [0.05, 0.1) is 7.11 Å². The second kappa shape index (κ2) is 6.40. The van der Waals surface area contributed by atoms with Crippen molar-refractivity contribution in [2.24, 2.45) is 5.92 Å². The predicted molar refractivity (Wildman–Crippen MR) is 79.5 cm³/mol. The van der Waals surface area contributed by atoms with E-state index < -0.39 is 0 Å². The van der Waals surface area contributed by atoms with Crippen LogP contribution in [-0.2, 0) is 6.54 Å². The van der Waals surface area contributed by atoms with Crippen molar-refractivity contribution >= 4 is 0 Å². The summed E-state index contributed by atoms with van der Waals surface area (Å²) in [6.07, 6.45) is 1.23. The van der Waals surface area contributed by atoms with Crippen LogP contribution in [0.3, 0.4) is 0 Å². The molecule has 1 fully saturated rings. The van der Waals surface area contributed by atoms with Crippen molar-refractivity contribution < 1.29 is 4.74 Å². The molecule has 3 heteroatoms. The van der Waals surface area contributed by atoms with Crippen molar-refractivity contribution in [1.29, 1.82) is 0 Å². The van der Waals surface area contributed by atoms with Crippen LogP contribution in [0.5, 0.6) is 5.75 Å². The second-order valence-electron chi connectivity index (χ2n) is 5.61. The van der Waals surface area contributed by atoms with E-state index in [1.165, 1.54) is 12.0 Å². The third-order valence-electron chi connectivity index (χ3n) is 4.59. The molecule has 19 heavy (non-hydrogen) atoms. The van der Waals surface area contributed by atoms with E-state index in [1.54, 1.807) is 7.11 Å². The Kier molecular flexibility index (Phi) is 4.83.